The number of hydrogen-bond donors (Lipinski definition) is 0. The predicted molar refractivity (Wildman–Crippen MR) is 81.8 cm³/mol. The molecule has 0 N–H and O–H groups in total. The van der Waals surface area contributed by atoms with Gasteiger partial charge in [0, 0.05) is 19.2 Å². The van der Waals surface area contributed by atoms with Crippen molar-refractivity contribution in [1.29, 1.82) is 0 Å². The Balaban J connectivity index is 2.37. The first-order valence-electron chi connectivity index (χ1n) is 7.04. The molecule has 0 atom stereocenters. The van der Waals surface area contributed by atoms with E-state index >= 15 is 0 Å². The molecule has 0 saturated heterocycles. The lowest BCUT2D eigenvalue weighted by Gasteiger charge is -2.19. The number of alkyl halides is 1. The minimum absolute atomic E-state index is 0.216. The van der Waals surface area contributed by atoms with Crippen molar-refractivity contribution in [2.45, 2.75) is 33.2 Å². The Morgan fingerprint density at radius 1 is 1.30 bits per heavy atom. The average molecular weight is 298 g/mol. The number of nitrogens with zero attached hydrogens (tertiary/aromatic N) is 3. The van der Waals surface area contributed by atoms with E-state index in [0.717, 1.165) is 37.5 Å². The lowest BCUT2D eigenvalue weighted by molar-refractivity contribution is 0.291. The first-order valence-corrected chi connectivity index (χ1v) is 7.57. The Bertz CT molecular complexity index is 590. The van der Waals surface area contributed by atoms with Crippen LogP contribution < -0.4 is 0 Å². The number of fused-ring (bicyclic) bond motifs is 1. The van der Waals surface area contributed by atoms with Gasteiger partial charge in [0.05, 0.1) is 16.9 Å². The number of hydrogen-bond acceptors (Lipinski definition) is 2. The summed E-state index contributed by atoms with van der Waals surface area (Å²) in [5, 5.41) is 0. The summed E-state index contributed by atoms with van der Waals surface area (Å²) >= 11 is 5.98. The van der Waals surface area contributed by atoms with Gasteiger partial charge in [0.25, 0.3) is 0 Å². The van der Waals surface area contributed by atoms with Crippen LogP contribution >= 0.6 is 11.6 Å². The Hall–Kier alpha value is -1.13. The molecule has 0 aliphatic heterocycles. The van der Waals surface area contributed by atoms with Crippen LogP contribution in [0.3, 0.4) is 0 Å². The summed E-state index contributed by atoms with van der Waals surface area (Å²) in [6.45, 7) is 9.88. The Kier molecular flexibility index (Phi) is 5.00. The highest BCUT2D eigenvalue weighted by Gasteiger charge is 2.13. The van der Waals surface area contributed by atoms with Crippen molar-refractivity contribution in [2.24, 2.45) is 0 Å². The second-order valence-electron chi connectivity index (χ2n) is 4.93. The highest BCUT2D eigenvalue weighted by Crippen LogP contribution is 2.21. The molecule has 1 heterocycles. The fraction of sp³-hybridized carbons (Fsp3) is 0.533. The smallest absolute Gasteiger partial charge is 0.128 e. The molecule has 20 heavy (non-hydrogen) atoms. The summed E-state index contributed by atoms with van der Waals surface area (Å²) in [6.07, 6.45) is 0. The maximum atomic E-state index is 13.6. The van der Waals surface area contributed by atoms with Gasteiger partial charge in [-0.3, -0.25) is 0 Å². The van der Waals surface area contributed by atoms with E-state index in [1.807, 2.05) is 6.07 Å². The molecule has 110 valence electrons. The summed E-state index contributed by atoms with van der Waals surface area (Å²) in [4.78, 5) is 6.78. The van der Waals surface area contributed by atoms with Gasteiger partial charge >= 0.3 is 0 Å². The third-order valence-corrected chi connectivity index (χ3v) is 4.00. The molecular weight excluding hydrogens is 277 g/mol. The fourth-order valence-corrected chi connectivity index (χ4v) is 2.64. The molecule has 0 amide bonds. The molecule has 0 saturated carbocycles. The monoisotopic (exact) mass is 297 g/mol. The Morgan fingerprint density at radius 2 is 2.00 bits per heavy atom. The third-order valence-electron chi connectivity index (χ3n) is 3.76. The van der Waals surface area contributed by atoms with E-state index in [1.165, 1.54) is 6.07 Å². The predicted octanol–water partition coefficient (Wildman–Crippen LogP) is 3.56. The standard InChI is InChI=1S/C15H21ClFN3/c1-4-19(5-2)6-7-20-14-8-11(3)12(17)9-13(14)18-15(20)10-16/h8-9H,4-7,10H2,1-3H3. The van der Waals surface area contributed by atoms with Crippen LogP contribution in [0, 0.1) is 12.7 Å². The lowest BCUT2D eigenvalue weighted by atomic mass is 10.2. The number of imidazole rings is 1. The van der Waals surface area contributed by atoms with Crippen LogP contribution in [0.25, 0.3) is 11.0 Å². The van der Waals surface area contributed by atoms with E-state index in [2.05, 4.69) is 28.3 Å². The molecular formula is C15H21ClFN3. The zero-order valence-electron chi connectivity index (χ0n) is 12.3. The van der Waals surface area contributed by atoms with Crippen LogP contribution in [0.5, 0.6) is 0 Å². The second-order valence-corrected chi connectivity index (χ2v) is 5.20. The van der Waals surface area contributed by atoms with Crippen LogP contribution in [0.15, 0.2) is 12.1 Å². The number of halogens is 2. The summed E-state index contributed by atoms with van der Waals surface area (Å²) in [5.41, 5.74) is 2.29. The third kappa shape index (κ3) is 2.96. The zero-order valence-corrected chi connectivity index (χ0v) is 13.0. The van der Waals surface area contributed by atoms with Gasteiger partial charge in [-0.05, 0) is 31.6 Å². The Morgan fingerprint density at radius 3 is 2.60 bits per heavy atom. The molecule has 5 heteroatoms. The van der Waals surface area contributed by atoms with Crippen molar-refractivity contribution >= 4 is 22.6 Å². The van der Waals surface area contributed by atoms with Crippen molar-refractivity contribution in [3.05, 3.63) is 29.3 Å². The zero-order chi connectivity index (χ0) is 14.7. The van der Waals surface area contributed by atoms with Gasteiger partial charge in [0.2, 0.25) is 0 Å². The summed E-state index contributed by atoms with van der Waals surface area (Å²) in [7, 11) is 0. The van der Waals surface area contributed by atoms with E-state index in [9.17, 15) is 4.39 Å². The highest BCUT2D eigenvalue weighted by atomic mass is 35.5. The molecule has 0 unspecified atom stereocenters. The number of rotatable bonds is 6. The number of likely N-dealkylation sites (N-methyl/N-ethyl adjacent to an activating group) is 1. The van der Waals surface area contributed by atoms with Gasteiger partial charge in [-0.25, -0.2) is 9.37 Å². The Labute approximate surface area is 124 Å². The van der Waals surface area contributed by atoms with E-state index in [4.69, 9.17) is 11.6 Å². The lowest BCUT2D eigenvalue weighted by Crippen LogP contribution is -2.27. The first kappa shape index (κ1) is 15.3. The van der Waals surface area contributed by atoms with Crippen molar-refractivity contribution < 1.29 is 4.39 Å². The topological polar surface area (TPSA) is 21.1 Å². The molecule has 0 aliphatic rings. The summed E-state index contributed by atoms with van der Waals surface area (Å²) in [5.74, 6) is 0.930. The molecule has 3 nitrogen and oxygen atoms in total. The number of benzene rings is 1. The molecule has 2 rings (SSSR count). The van der Waals surface area contributed by atoms with Crippen LogP contribution in [-0.4, -0.2) is 34.1 Å². The quantitative estimate of drug-likeness (QED) is 0.760. The molecule has 0 bridgehead atoms. The highest BCUT2D eigenvalue weighted by molar-refractivity contribution is 6.16. The SMILES string of the molecule is CCN(CC)CCn1c(CCl)nc2cc(F)c(C)cc21. The minimum Gasteiger partial charge on any atom is -0.326 e. The van der Waals surface area contributed by atoms with Crippen molar-refractivity contribution in [1.82, 2.24) is 14.5 Å². The van der Waals surface area contributed by atoms with Gasteiger partial charge in [-0.1, -0.05) is 13.8 Å². The minimum atomic E-state index is -0.216. The van der Waals surface area contributed by atoms with Crippen LogP contribution in [-0.2, 0) is 12.4 Å². The second kappa shape index (κ2) is 6.55. The van der Waals surface area contributed by atoms with Crippen molar-refractivity contribution in [3.8, 4) is 0 Å². The van der Waals surface area contributed by atoms with Crippen LogP contribution in [0.1, 0.15) is 25.2 Å². The summed E-state index contributed by atoms with van der Waals surface area (Å²) in [6, 6.07) is 3.35. The average Bonchev–Trinajstić information content (AvgIpc) is 2.78. The maximum Gasteiger partial charge on any atom is 0.128 e. The molecule has 0 spiro atoms. The molecule has 1 aromatic heterocycles. The first-order chi connectivity index (χ1) is 9.60. The van der Waals surface area contributed by atoms with Gasteiger partial charge < -0.3 is 9.47 Å². The van der Waals surface area contributed by atoms with E-state index in [-0.39, 0.29) is 5.82 Å². The van der Waals surface area contributed by atoms with E-state index < -0.39 is 0 Å². The van der Waals surface area contributed by atoms with Crippen molar-refractivity contribution in [2.75, 3.05) is 19.6 Å². The summed E-state index contributed by atoms with van der Waals surface area (Å²) < 4.78 is 15.7. The van der Waals surface area contributed by atoms with Crippen LogP contribution in [0.2, 0.25) is 0 Å². The molecule has 2 aromatic rings. The van der Waals surface area contributed by atoms with Crippen LogP contribution in [0.4, 0.5) is 4.39 Å². The van der Waals surface area contributed by atoms with E-state index in [1.54, 1.807) is 6.92 Å². The number of aromatic nitrogens is 2. The number of aryl methyl sites for hydroxylation is 1. The van der Waals surface area contributed by atoms with Gasteiger partial charge in [-0.2, -0.15) is 0 Å². The molecule has 0 aliphatic carbocycles. The molecule has 0 fully saturated rings. The van der Waals surface area contributed by atoms with Gasteiger partial charge in [0.15, 0.2) is 0 Å². The van der Waals surface area contributed by atoms with Gasteiger partial charge in [0.1, 0.15) is 11.6 Å². The largest absolute Gasteiger partial charge is 0.326 e. The van der Waals surface area contributed by atoms with Crippen molar-refractivity contribution in [3.63, 3.8) is 0 Å². The molecule has 1 aromatic carbocycles. The maximum absolute atomic E-state index is 13.6. The van der Waals surface area contributed by atoms with Gasteiger partial charge in [-0.15, -0.1) is 11.6 Å². The fourth-order valence-electron chi connectivity index (χ4n) is 2.43. The normalized spacial score (nSPS) is 11.7. The molecule has 0 radical (unpaired) electrons. The van der Waals surface area contributed by atoms with E-state index in [0.29, 0.717) is 17.0 Å².